The van der Waals surface area contributed by atoms with E-state index in [0.29, 0.717) is 31.1 Å². The number of nitrogens with zero attached hydrogens (tertiary/aromatic N) is 1. The van der Waals surface area contributed by atoms with E-state index in [0.717, 1.165) is 23.4 Å². The summed E-state index contributed by atoms with van der Waals surface area (Å²) >= 11 is 0. The molecule has 0 bridgehead atoms. The van der Waals surface area contributed by atoms with Gasteiger partial charge in [-0.25, -0.2) is 0 Å². The Hall–Kier alpha value is -2.34. The molecule has 1 amide bonds. The summed E-state index contributed by atoms with van der Waals surface area (Å²) in [4.78, 5) is 12.3. The fourth-order valence-corrected chi connectivity index (χ4v) is 2.39. The van der Waals surface area contributed by atoms with Gasteiger partial charge < -0.3 is 14.8 Å². The Bertz CT molecular complexity index is 651. The highest BCUT2D eigenvalue weighted by molar-refractivity contribution is 5.97. The van der Waals surface area contributed by atoms with Crippen molar-refractivity contribution in [2.45, 2.75) is 19.6 Å². The lowest BCUT2D eigenvalue weighted by Crippen LogP contribution is -2.23. The molecular weight excluding hydrogens is 270 g/mol. The van der Waals surface area contributed by atoms with Gasteiger partial charge in [0.25, 0.3) is 5.91 Å². The summed E-state index contributed by atoms with van der Waals surface area (Å²) in [5, 5.41) is 9.83. The first kappa shape index (κ1) is 13.6. The molecule has 1 aliphatic heterocycles. The van der Waals surface area contributed by atoms with Gasteiger partial charge in [0.1, 0.15) is 5.75 Å². The van der Waals surface area contributed by atoms with Crippen LogP contribution in [0.25, 0.3) is 0 Å². The van der Waals surface area contributed by atoms with E-state index in [1.807, 2.05) is 18.2 Å². The van der Waals surface area contributed by atoms with E-state index in [1.54, 1.807) is 13.2 Å². The number of carbonyl (C=O) groups is 1. The number of nitrogens with one attached hydrogen (secondary N) is 2. The lowest BCUT2D eigenvalue weighted by Gasteiger charge is -2.08. The maximum Gasteiger partial charge on any atom is 0.255 e. The van der Waals surface area contributed by atoms with Crippen LogP contribution in [0.1, 0.15) is 27.3 Å². The molecule has 2 N–H and O–H groups in total. The van der Waals surface area contributed by atoms with Crippen molar-refractivity contribution in [2.75, 3.05) is 13.7 Å². The van der Waals surface area contributed by atoms with Gasteiger partial charge in [-0.05, 0) is 17.7 Å². The Morgan fingerprint density at radius 3 is 3.29 bits per heavy atom. The number of hydrogen-bond donors (Lipinski definition) is 2. The molecule has 3 rings (SSSR count). The number of benzene rings is 1. The average molecular weight is 287 g/mol. The number of methoxy groups -OCH3 is 1. The van der Waals surface area contributed by atoms with E-state index in [1.165, 1.54) is 0 Å². The molecule has 21 heavy (non-hydrogen) atoms. The van der Waals surface area contributed by atoms with Crippen LogP contribution in [0.2, 0.25) is 0 Å². The van der Waals surface area contributed by atoms with Crippen molar-refractivity contribution >= 4 is 5.91 Å². The van der Waals surface area contributed by atoms with Crippen LogP contribution in [0.15, 0.2) is 24.3 Å². The Kier molecular flexibility index (Phi) is 3.87. The number of amides is 1. The first-order chi connectivity index (χ1) is 10.3. The number of hydrogen-bond acceptors (Lipinski definition) is 4. The van der Waals surface area contributed by atoms with Gasteiger partial charge in [-0.3, -0.25) is 9.89 Å². The number of fused-ring (bicyclic) bond motifs is 1. The molecule has 2 aromatic rings. The molecule has 6 heteroatoms. The van der Waals surface area contributed by atoms with Crippen molar-refractivity contribution < 1.29 is 14.3 Å². The quantitative estimate of drug-likeness (QED) is 0.872. The molecule has 0 radical (unpaired) electrons. The number of rotatable bonds is 5. The summed E-state index contributed by atoms with van der Waals surface area (Å²) in [7, 11) is 1.62. The molecule has 1 aromatic heterocycles. The minimum atomic E-state index is -0.142. The molecule has 1 aromatic carbocycles. The van der Waals surface area contributed by atoms with Gasteiger partial charge in [0, 0.05) is 13.5 Å². The van der Waals surface area contributed by atoms with Crippen LogP contribution in [0.4, 0.5) is 0 Å². The molecule has 0 atom stereocenters. The van der Waals surface area contributed by atoms with Gasteiger partial charge in [-0.15, -0.1) is 0 Å². The summed E-state index contributed by atoms with van der Waals surface area (Å²) in [5.41, 5.74) is 3.32. The normalized spacial score (nSPS) is 12.8. The third-order valence-corrected chi connectivity index (χ3v) is 3.37. The first-order valence-electron chi connectivity index (χ1n) is 6.83. The Balaban J connectivity index is 1.65. The number of aromatic nitrogens is 2. The fourth-order valence-electron chi connectivity index (χ4n) is 2.39. The highest BCUT2D eigenvalue weighted by Crippen LogP contribution is 2.29. The lowest BCUT2D eigenvalue weighted by atomic mass is 10.1. The largest absolute Gasteiger partial charge is 0.492 e. The smallest absolute Gasteiger partial charge is 0.255 e. The van der Waals surface area contributed by atoms with Crippen LogP contribution >= 0.6 is 0 Å². The van der Waals surface area contributed by atoms with Crippen LogP contribution in [0, 0.1) is 0 Å². The van der Waals surface area contributed by atoms with Crippen LogP contribution < -0.4 is 10.1 Å². The number of carbonyl (C=O) groups excluding carboxylic acids is 1. The molecule has 110 valence electrons. The number of aromatic amines is 1. The third kappa shape index (κ3) is 2.90. The molecule has 0 saturated heterocycles. The lowest BCUT2D eigenvalue weighted by molar-refractivity contribution is 0.0947. The second kappa shape index (κ2) is 5.97. The molecule has 0 aliphatic carbocycles. The van der Waals surface area contributed by atoms with E-state index >= 15 is 0 Å². The van der Waals surface area contributed by atoms with Gasteiger partial charge in [0.05, 0.1) is 36.7 Å². The maximum atomic E-state index is 12.3. The monoisotopic (exact) mass is 287 g/mol. The van der Waals surface area contributed by atoms with E-state index in [2.05, 4.69) is 15.5 Å². The van der Waals surface area contributed by atoms with Crippen molar-refractivity contribution in [3.05, 3.63) is 46.8 Å². The fraction of sp³-hybridized carbons (Fsp3) is 0.333. The van der Waals surface area contributed by atoms with E-state index in [4.69, 9.17) is 9.47 Å². The summed E-state index contributed by atoms with van der Waals surface area (Å²) < 4.78 is 10.5. The van der Waals surface area contributed by atoms with Gasteiger partial charge >= 0.3 is 0 Å². The van der Waals surface area contributed by atoms with E-state index in [9.17, 15) is 4.79 Å². The van der Waals surface area contributed by atoms with Gasteiger partial charge in [0.15, 0.2) is 0 Å². The van der Waals surface area contributed by atoms with E-state index in [-0.39, 0.29) is 5.91 Å². The van der Waals surface area contributed by atoms with Crippen LogP contribution in [-0.4, -0.2) is 29.8 Å². The van der Waals surface area contributed by atoms with Gasteiger partial charge in [-0.2, -0.15) is 5.10 Å². The number of para-hydroxylation sites is 1. The summed E-state index contributed by atoms with van der Waals surface area (Å²) in [6.07, 6.45) is 0.859. The van der Waals surface area contributed by atoms with Crippen molar-refractivity contribution in [3.8, 4) is 5.75 Å². The number of H-pyrrole nitrogens is 1. The average Bonchev–Trinajstić information content (AvgIpc) is 3.13. The Labute approximate surface area is 122 Å². The van der Waals surface area contributed by atoms with Crippen molar-refractivity contribution in [3.63, 3.8) is 0 Å². The zero-order valence-electron chi connectivity index (χ0n) is 11.8. The van der Waals surface area contributed by atoms with Crippen molar-refractivity contribution in [2.24, 2.45) is 0 Å². The molecule has 0 fully saturated rings. The third-order valence-electron chi connectivity index (χ3n) is 3.37. The number of ether oxygens (including phenoxy) is 2. The highest BCUT2D eigenvalue weighted by Gasteiger charge is 2.20. The molecular formula is C15H17N3O3. The standard InChI is InChI=1S/C15H17N3O3/c1-20-9-12-7-11(17-18-12)8-16-15(19)13-4-2-3-10-5-6-21-14(10)13/h2-4,7H,5-6,8-9H2,1H3,(H,16,19)(H,17,18). The van der Waals surface area contributed by atoms with Crippen molar-refractivity contribution in [1.29, 1.82) is 0 Å². The van der Waals surface area contributed by atoms with Crippen LogP contribution in [0.3, 0.4) is 0 Å². The molecule has 0 spiro atoms. The van der Waals surface area contributed by atoms with Gasteiger partial charge in [0.2, 0.25) is 0 Å². The molecule has 6 nitrogen and oxygen atoms in total. The minimum absolute atomic E-state index is 0.142. The zero-order chi connectivity index (χ0) is 14.7. The summed E-state index contributed by atoms with van der Waals surface area (Å²) in [6, 6.07) is 7.53. The van der Waals surface area contributed by atoms with Gasteiger partial charge in [-0.1, -0.05) is 12.1 Å². The van der Waals surface area contributed by atoms with E-state index < -0.39 is 0 Å². The maximum absolute atomic E-state index is 12.3. The highest BCUT2D eigenvalue weighted by atomic mass is 16.5. The predicted molar refractivity (Wildman–Crippen MR) is 76.1 cm³/mol. The molecule has 1 aliphatic rings. The summed E-state index contributed by atoms with van der Waals surface area (Å²) in [6.45, 7) is 1.48. The predicted octanol–water partition coefficient (Wildman–Crippen LogP) is 1.42. The Morgan fingerprint density at radius 2 is 2.43 bits per heavy atom. The van der Waals surface area contributed by atoms with Crippen molar-refractivity contribution in [1.82, 2.24) is 15.5 Å². The van der Waals surface area contributed by atoms with Crippen LogP contribution in [0.5, 0.6) is 5.75 Å². The first-order valence-corrected chi connectivity index (χ1v) is 6.83. The SMILES string of the molecule is COCc1cc(CNC(=O)c2cccc3c2OCC3)[nH]n1. The topological polar surface area (TPSA) is 76.2 Å². The molecule has 2 heterocycles. The molecule has 0 saturated carbocycles. The second-order valence-electron chi connectivity index (χ2n) is 4.89. The van der Waals surface area contributed by atoms with Crippen LogP contribution in [-0.2, 0) is 24.3 Å². The Morgan fingerprint density at radius 1 is 1.52 bits per heavy atom. The second-order valence-corrected chi connectivity index (χ2v) is 4.89. The summed E-state index contributed by atoms with van der Waals surface area (Å²) in [5.74, 6) is 0.566. The zero-order valence-corrected chi connectivity index (χ0v) is 11.8. The minimum Gasteiger partial charge on any atom is -0.492 e. The molecule has 0 unspecified atom stereocenters.